The molecule has 0 aliphatic carbocycles. The number of hydrogen-bond donors (Lipinski definition) is 2. The predicted octanol–water partition coefficient (Wildman–Crippen LogP) is 6.49. The highest BCUT2D eigenvalue weighted by Gasteiger charge is 2.30. The minimum atomic E-state index is -3.98. The van der Waals surface area contributed by atoms with Gasteiger partial charge in [-0.05, 0) is 75.6 Å². The highest BCUT2D eigenvalue weighted by Crippen LogP contribution is 2.38. The second-order valence-corrected chi connectivity index (χ2v) is 14.8. The molecule has 51 heavy (non-hydrogen) atoms. The Labute approximate surface area is 303 Å². The number of fused-ring (bicyclic) bond motifs is 2. The summed E-state index contributed by atoms with van der Waals surface area (Å²) in [6.45, 7) is -0.125. The molecule has 1 amide bonds. The van der Waals surface area contributed by atoms with Crippen molar-refractivity contribution in [3.63, 3.8) is 0 Å². The summed E-state index contributed by atoms with van der Waals surface area (Å²) >= 11 is 10.2. The number of ether oxygens (including phenoxy) is 1. The van der Waals surface area contributed by atoms with Crippen LogP contribution >= 0.6 is 27.5 Å². The number of carbonyl (C=O) groups is 1. The van der Waals surface area contributed by atoms with Crippen molar-refractivity contribution in [2.45, 2.75) is 19.0 Å². The van der Waals surface area contributed by atoms with Gasteiger partial charge in [-0.25, -0.2) is 31.3 Å². The first-order valence-electron chi connectivity index (χ1n) is 15.1. The lowest BCUT2D eigenvalue weighted by Gasteiger charge is -2.23. The van der Waals surface area contributed by atoms with Crippen LogP contribution in [0.2, 0.25) is 5.02 Å². The zero-order valence-corrected chi connectivity index (χ0v) is 30.2. The van der Waals surface area contributed by atoms with Gasteiger partial charge in [0.1, 0.15) is 23.2 Å². The van der Waals surface area contributed by atoms with Crippen molar-refractivity contribution in [3.05, 3.63) is 121 Å². The van der Waals surface area contributed by atoms with Crippen LogP contribution < -0.4 is 19.9 Å². The van der Waals surface area contributed by atoms with Crippen molar-refractivity contribution >= 4 is 71.3 Å². The fourth-order valence-electron chi connectivity index (χ4n) is 5.93. The molecule has 4 aromatic carbocycles. The Bertz CT molecular complexity index is 2490. The summed E-state index contributed by atoms with van der Waals surface area (Å²) in [6.07, 6.45) is -0.762. The fraction of sp³-hybridized carbons (Fsp3) is 0.176. The molecule has 0 saturated carbocycles. The van der Waals surface area contributed by atoms with E-state index in [0.717, 1.165) is 22.7 Å². The quantitative estimate of drug-likeness (QED) is 0.160. The molecule has 17 heteroatoms. The van der Waals surface area contributed by atoms with Gasteiger partial charge in [0.15, 0.2) is 5.82 Å². The molecule has 0 unspecified atom stereocenters. The predicted molar refractivity (Wildman–Crippen MR) is 192 cm³/mol. The molecule has 0 aliphatic heterocycles. The van der Waals surface area contributed by atoms with Crippen molar-refractivity contribution in [1.29, 1.82) is 0 Å². The van der Waals surface area contributed by atoms with Gasteiger partial charge in [0.05, 0.1) is 58.5 Å². The summed E-state index contributed by atoms with van der Waals surface area (Å²) in [6, 6.07) is 16.1. The molecule has 12 nitrogen and oxygen atoms in total. The van der Waals surface area contributed by atoms with Crippen LogP contribution in [0.4, 0.5) is 19.4 Å². The summed E-state index contributed by atoms with van der Waals surface area (Å²) < 4.78 is 64.4. The molecule has 0 aliphatic rings. The molecule has 2 heterocycles. The van der Waals surface area contributed by atoms with Gasteiger partial charge < -0.3 is 15.2 Å². The lowest BCUT2D eigenvalue weighted by molar-refractivity contribution is 0.189. The third-order valence-corrected chi connectivity index (χ3v) is 10.2. The van der Waals surface area contributed by atoms with Crippen molar-refractivity contribution in [3.8, 4) is 11.4 Å². The van der Waals surface area contributed by atoms with Gasteiger partial charge in [-0.2, -0.15) is 5.10 Å². The summed E-state index contributed by atoms with van der Waals surface area (Å²) in [5.41, 5.74) is 0.625. The highest BCUT2D eigenvalue weighted by molar-refractivity contribution is 9.10. The molecular weight excluding hydrogens is 774 g/mol. The maximum atomic E-state index is 14.6. The Hall–Kier alpha value is -5.06. The Kier molecular flexibility index (Phi) is 9.76. The normalized spacial score (nSPS) is 12.3. The van der Waals surface area contributed by atoms with Gasteiger partial charge in [0, 0.05) is 24.0 Å². The number of nitrogens with one attached hydrogen (secondary N) is 1. The van der Waals surface area contributed by atoms with Crippen molar-refractivity contribution in [2.24, 2.45) is 7.05 Å². The van der Waals surface area contributed by atoms with E-state index in [4.69, 9.17) is 21.3 Å². The van der Waals surface area contributed by atoms with E-state index in [2.05, 4.69) is 26.3 Å². The zero-order chi connectivity index (χ0) is 36.8. The zero-order valence-electron chi connectivity index (χ0n) is 27.1. The first-order valence-corrected chi connectivity index (χ1v) is 18.1. The molecule has 2 N–H and O–H groups in total. The summed E-state index contributed by atoms with van der Waals surface area (Å²) in [5.74, 6) is -1.33. The smallest absolute Gasteiger partial charge is 0.405 e. The van der Waals surface area contributed by atoms with E-state index >= 15 is 0 Å². The van der Waals surface area contributed by atoms with Gasteiger partial charge in [-0.15, -0.1) is 0 Å². The largest absolute Gasteiger partial charge is 0.497 e. The number of aromatic nitrogens is 4. The Morgan fingerprint density at radius 3 is 2.37 bits per heavy atom. The van der Waals surface area contributed by atoms with Gasteiger partial charge in [-0.1, -0.05) is 29.8 Å². The van der Waals surface area contributed by atoms with Crippen molar-refractivity contribution in [1.82, 2.24) is 24.6 Å². The number of halogens is 4. The van der Waals surface area contributed by atoms with Crippen LogP contribution in [-0.4, -0.2) is 52.3 Å². The number of rotatable bonds is 10. The second-order valence-electron chi connectivity index (χ2n) is 11.6. The van der Waals surface area contributed by atoms with E-state index < -0.39 is 39.4 Å². The Morgan fingerprint density at radius 1 is 1.06 bits per heavy atom. The van der Waals surface area contributed by atoms with Crippen LogP contribution in [-0.2, 0) is 30.0 Å². The molecule has 0 saturated heterocycles. The average molecular weight is 802 g/mol. The van der Waals surface area contributed by atoms with Crippen LogP contribution in [0.25, 0.3) is 27.5 Å². The number of aryl methyl sites for hydroxylation is 1. The molecule has 1 atom stereocenters. The minimum absolute atomic E-state index is 0.0300. The van der Waals surface area contributed by atoms with Crippen molar-refractivity contribution in [2.75, 3.05) is 17.7 Å². The SMILES string of the molecule is COc1ccc(CN(c2nn(C)c3c(-n4c([C@H](Cc5cc(F)cc(F)c5)NC(=O)O)nc5cccc(Br)c5c4=O)ccc(Cl)c23)S(C)(=O)=O)cc1. The van der Waals surface area contributed by atoms with E-state index in [0.29, 0.717) is 21.9 Å². The van der Waals surface area contributed by atoms with E-state index in [1.54, 1.807) is 42.5 Å². The molecule has 264 valence electrons. The van der Waals surface area contributed by atoms with E-state index in [1.807, 2.05) is 0 Å². The summed E-state index contributed by atoms with van der Waals surface area (Å²) in [5, 5.41) is 17.2. The van der Waals surface area contributed by atoms with Crippen LogP contribution in [0.15, 0.2) is 82.1 Å². The maximum Gasteiger partial charge on any atom is 0.405 e. The van der Waals surface area contributed by atoms with Crippen LogP contribution in [0, 0.1) is 11.6 Å². The summed E-state index contributed by atoms with van der Waals surface area (Å²) in [7, 11) is -0.928. The van der Waals surface area contributed by atoms with Gasteiger partial charge >= 0.3 is 6.09 Å². The number of benzene rings is 4. The van der Waals surface area contributed by atoms with E-state index in [9.17, 15) is 31.9 Å². The third-order valence-electron chi connectivity index (χ3n) is 8.10. The number of hydrogen-bond acceptors (Lipinski definition) is 7. The minimum Gasteiger partial charge on any atom is -0.497 e. The third kappa shape index (κ3) is 7.11. The molecule has 6 rings (SSSR count). The lowest BCUT2D eigenvalue weighted by atomic mass is 10.0. The molecule has 0 fully saturated rings. The van der Waals surface area contributed by atoms with E-state index in [1.165, 1.54) is 35.5 Å². The van der Waals surface area contributed by atoms with Crippen molar-refractivity contribution < 1.29 is 31.8 Å². The van der Waals surface area contributed by atoms with Crippen LogP contribution in [0.5, 0.6) is 5.75 Å². The van der Waals surface area contributed by atoms with Crippen LogP contribution in [0.3, 0.4) is 0 Å². The summed E-state index contributed by atoms with van der Waals surface area (Å²) in [4.78, 5) is 31.4. The first-order chi connectivity index (χ1) is 24.2. The standard InChI is InChI=1S/C34H28BrClF2N6O6S/c1-42-30-27(12-11-24(36)29(30)32(41-42)43(51(3,48)49)17-18-7-9-22(50-2)10-8-18)44-31(39-25-6-4-5-23(35)28(25)33(44)45)26(40-34(46)47)15-19-13-20(37)16-21(38)14-19/h4-14,16,26,40H,15,17H2,1-3H3,(H,46,47)/t26-/m0/s1. The molecular formula is C34H28BrClF2N6O6S. The van der Waals surface area contributed by atoms with Gasteiger partial charge in [0.2, 0.25) is 10.0 Å². The molecule has 2 aromatic heterocycles. The number of nitrogens with zero attached hydrogens (tertiary/aromatic N) is 5. The number of methoxy groups -OCH3 is 1. The van der Waals surface area contributed by atoms with Gasteiger partial charge in [-0.3, -0.25) is 14.0 Å². The molecule has 0 bridgehead atoms. The maximum absolute atomic E-state index is 14.6. The Balaban J connectivity index is 1.63. The average Bonchev–Trinajstić information content (AvgIpc) is 3.40. The lowest BCUT2D eigenvalue weighted by Crippen LogP contribution is -2.35. The molecule has 0 spiro atoms. The van der Waals surface area contributed by atoms with E-state index in [-0.39, 0.29) is 62.7 Å². The molecule has 6 aromatic rings. The van der Waals surface area contributed by atoms with Crippen LogP contribution in [0.1, 0.15) is 23.0 Å². The highest BCUT2D eigenvalue weighted by atomic mass is 79.9. The first kappa shape index (κ1) is 35.8. The van der Waals surface area contributed by atoms with Gasteiger partial charge in [0.25, 0.3) is 5.56 Å². The number of sulfonamides is 1. The number of anilines is 1. The number of carboxylic acid groups (broad SMARTS) is 1. The Morgan fingerprint density at radius 2 is 1.75 bits per heavy atom. The monoisotopic (exact) mass is 800 g/mol. The molecule has 0 radical (unpaired) electrons. The fourth-order valence-corrected chi connectivity index (χ4v) is 7.52. The second kappa shape index (κ2) is 13.9. The topological polar surface area (TPSA) is 149 Å². The number of amides is 1.